The third-order valence-corrected chi connectivity index (χ3v) is 4.87. The molecule has 0 fully saturated rings. The van der Waals surface area contributed by atoms with Crippen molar-refractivity contribution in [3.8, 4) is 51.3 Å². The molecule has 3 rings (SSSR count). The predicted octanol–water partition coefficient (Wildman–Crippen LogP) is 4.21. The first-order valence-electron chi connectivity index (χ1n) is 9.14. The molecule has 0 aliphatic heterocycles. The van der Waals surface area contributed by atoms with Crippen LogP contribution in [-0.2, 0) is 0 Å². The van der Waals surface area contributed by atoms with Gasteiger partial charge in [0.05, 0.1) is 28.4 Å². The van der Waals surface area contributed by atoms with Crippen LogP contribution in [0, 0.1) is 18.3 Å². The van der Waals surface area contributed by atoms with Crippen molar-refractivity contribution in [3.63, 3.8) is 0 Å². The Balaban J connectivity index is 2.43. The van der Waals surface area contributed by atoms with Crippen molar-refractivity contribution in [2.75, 3.05) is 34.2 Å². The smallest absolute Gasteiger partial charge is 0.203 e. The number of methoxy groups -OCH3 is 4. The highest BCUT2D eigenvalue weighted by Gasteiger charge is 2.25. The van der Waals surface area contributed by atoms with E-state index in [1.165, 1.54) is 14.2 Å². The maximum absolute atomic E-state index is 9.91. The molecule has 0 bridgehead atoms. The summed E-state index contributed by atoms with van der Waals surface area (Å²) in [6.45, 7) is 1.85. The Kier molecular flexibility index (Phi) is 5.98. The molecule has 0 aliphatic rings. The van der Waals surface area contributed by atoms with E-state index in [0.29, 0.717) is 34.1 Å². The van der Waals surface area contributed by atoms with Gasteiger partial charge in [0.2, 0.25) is 5.75 Å². The number of nitrogen functional groups attached to an aromatic ring is 1. The molecule has 0 atom stereocenters. The number of nitrogens with two attached hydrogens (primary N) is 1. The molecular formula is C23H23N3O4. The molecule has 7 heteroatoms. The van der Waals surface area contributed by atoms with Crippen molar-refractivity contribution in [3.05, 3.63) is 47.7 Å². The Labute approximate surface area is 175 Å². The average molecular weight is 405 g/mol. The van der Waals surface area contributed by atoms with Gasteiger partial charge in [0, 0.05) is 22.4 Å². The molecule has 0 unspecified atom stereocenters. The van der Waals surface area contributed by atoms with Crippen LogP contribution < -0.4 is 24.7 Å². The molecule has 0 aliphatic carbocycles. The molecule has 2 N–H and O–H groups in total. The van der Waals surface area contributed by atoms with E-state index in [-0.39, 0.29) is 11.4 Å². The summed E-state index contributed by atoms with van der Waals surface area (Å²) in [5.41, 5.74) is 9.98. The largest absolute Gasteiger partial charge is 0.497 e. The summed E-state index contributed by atoms with van der Waals surface area (Å²) in [5.74, 6) is 2.26. The van der Waals surface area contributed by atoms with Crippen molar-refractivity contribution in [1.29, 1.82) is 5.26 Å². The number of rotatable bonds is 6. The van der Waals surface area contributed by atoms with Crippen molar-refractivity contribution in [2.45, 2.75) is 6.92 Å². The standard InChI is InChI=1S/C23H23N3O4/c1-13-19(14-6-8-15(27-2)9-7-14)20(17(12-24)23(25)26-13)16-10-11-18(28-3)22(30-5)21(16)29-4/h6-11H,1-5H3,(H2,25,26). The van der Waals surface area contributed by atoms with E-state index in [0.717, 1.165) is 16.9 Å². The minimum Gasteiger partial charge on any atom is -0.497 e. The fourth-order valence-electron chi connectivity index (χ4n) is 3.52. The summed E-state index contributed by atoms with van der Waals surface area (Å²) in [7, 11) is 6.23. The zero-order chi connectivity index (χ0) is 21.8. The first-order valence-corrected chi connectivity index (χ1v) is 9.14. The number of nitrogens with zero attached hydrogens (tertiary/aromatic N) is 2. The van der Waals surface area contributed by atoms with Crippen LogP contribution in [0.1, 0.15) is 11.3 Å². The Morgan fingerprint density at radius 2 is 1.50 bits per heavy atom. The van der Waals surface area contributed by atoms with E-state index in [4.69, 9.17) is 24.7 Å². The van der Waals surface area contributed by atoms with Crippen LogP contribution in [0.25, 0.3) is 22.3 Å². The second-order valence-electron chi connectivity index (χ2n) is 6.43. The lowest BCUT2D eigenvalue weighted by molar-refractivity contribution is 0.325. The SMILES string of the molecule is COc1ccc(-c2c(C)nc(N)c(C#N)c2-c2ccc(OC)c(OC)c2OC)cc1. The lowest BCUT2D eigenvalue weighted by Crippen LogP contribution is -2.05. The zero-order valence-corrected chi connectivity index (χ0v) is 17.6. The average Bonchev–Trinajstić information content (AvgIpc) is 2.77. The molecule has 0 radical (unpaired) electrons. The van der Waals surface area contributed by atoms with Gasteiger partial charge in [-0.3, -0.25) is 0 Å². The van der Waals surface area contributed by atoms with Gasteiger partial charge in [-0.1, -0.05) is 12.1 Å². The first kappa shape index (κ1) is 20.8. The quantitative estimate of drug-likeness (QED) is 0.655. The van der Waals surface area contributed by atoms with Crippen LogP contribution in [0.4, 0.5) is 5.82 Å². The van der Waals surface area contributed by atoms with Gasteiger partial charge in [-0.15, -0.1) is 0 Å². The fourth-order valence-corrected chi connectivity index (χ4v) is 3.52. The van der Waals surface area contributed by atoms with Crippen LogP contribution in [0.3, 0.4) is 0 Å². The van der Waals surface area contributed by atoms with Gasteiger partial charge in [0.15, 0.2) is 11.5 Å². The molecule has 0 saturated heterocycles. The van der Waals surface area contributed by atoms with E-state index in [9.17, 15) is 5.26 Å². The Bertz CT molecular complexity index is 1120. The highest BCUT2D eigenvalue weighted by molar-refractivity contribution is 5.94. The van der Waals surface area contributed by atoms with E-state index >= 15 is 0 Å². The molecule has 3 aromatic rings. The predicted molar refractivity (Wildman–Crippen MR) is 115 cm³/mol. The number of anilines is 1. The van der Waals surface area contributed by atoms with Crippen LogP contribution in [0.15, 0.2) is 36.4 Å². The van der Waals surface area contributed by atoms with E-state index < -0.39 is 0 Å². The molecular weight excluding hydrogens is 382 g/mol. The number of benzene rings is 2. The van der Waals surface area contributed by atoms with Crippen LogP contribution in [0.2, 0.25) is 0 Å². The fraction of sp³-hybridized carbons (Fsp3) is 0.217. The highest BCUT2D eigenvalue weighted by atomic mass is 16.5. The van der Waals surface area contributed by atoms with Crippen molar-refractivity contribution in [1.82, 2.24) is 4.98 Å². The number of pyridine rings is 1. The summed E-state index contributed by atoms with van der Waals surface area (Å²) in [4.78, 5) is 4.41. The van der Waals surface area contributed by atoms with E-state index in [1.807, 2.05) is 37.3 Å². The molecule has 0 spiro atoms. The van der Waals surface area contributed by atoms with E-state index in [1.54, 1.807) is 20.3 Å². The van der Waals surface area contributed by atoms with Crippen molar-refractivity contribution >= 4 is 5.82 Å². The monoisotopic (exact) mass is 405 g/mol. The number of aromatic nitrogens is 1. The minimum absolute atomic E-state index is 0.152. The third kappa shape index (κ3) is 3.44. The van der Waals surface area contributed by atoms with Gasteiger partial charge in [-0.2, -0.15) is 5.26 Å². The lowest BCUT2D eigenvalue weighted by Gasteiger charge is -2.20. The number of hydrogen-bond acceptors (Lipinski definition) is 7. The Morgan fingerprint density at radius 3 is 2.03 bits per heavy atom. The molecule has 154 valence electrons. The molecule has 0 amide bonds. The molecule has 7 nitrogen and oxygen atoms in total. The second-order valence-corrected chi connectivity index (χ2v) is 6.43. The topological polar surface area (TPSA) is 99.6 Å². The van der Waals surface area contributed by atoms with Gasteiger partial charge in [0.25, 0.3) is 0 Å². The van der Waals surface area contributed by atoms with Crippen molar-refractivity contribution < 1.29 is 18.9 Å². The minimum atomic E-state index is 0.152. The van der Waals surface area contributed by atoms with Crippen molar-refractivity contribution in [2.24, 2.45) is 0 Å². The zero-order valence-electron chi connectivity index (χ0n) is 17.6. The summed E-state index contributed by atoms with van der Waals surface area (Å²) in [6, 6.07) is 13.3. The van der Waals surface area contributed by atoms with Gasteiger partial charge in [-0.25, -0.2) is 4.98 Å². The van der Waals surface area contributed by atoms with E-state index in [2.05, 4.69) is 11.1 Å². The molecule has 30 heavy (non-hydrogen) atoms. The molecule has 1 aromatic heterocycles. The number of hydrogen-bond donors (Lipinski definition) is 1. The molecule has 0 saturated carbocycles. The number of aryl methyl sites for hydroxylation is 1. The maximum atomic E-state index is 9.91. The maximum Gasteiger partial charge on any atom is 0.203 e. The second kappa shape index (κ2) is 8.62. The lowest BCUT2D eigenvalue weighted by atomic mass is 9.89. The number of nitriles is 1. The highest BCUT2D eigenvalue weighted by Crippen LogP contribution is 2.48. The van der Waals surface area contributed by atoms with Gasteiger partial charge < -0.3 is 24.7 Å². The van der Waals surface area contributed by atoms with Crippen LogP contribution in [0.5, 0.6) is 23.0 Å². The Hall–Kier alpha value is -3.92. The van der Waals surface area contributed by atoms with Gasteiger partial charge >= 0.3 is 0 Å². The van der Waals surface area contributed by atoms with Crippen LogP contribution >= 0.6 is 0 Å². The van der Waals surface area contributed by atoms with Crippen LogP contribution in [-0.4, -0.2) is 33.4 Å². The third-order valence-electron chi connectivity index (χ3n) is 4.87. The summed E-state index contributed by atoms with van der Waals surface area (Å²) in [6.07, 6.45) is 0. The normalized spacial score (nSPS) is 10.3. The first-order chi connectivity index (χ1) is 14.5. The van der Waals surface area contributed by atoms with Gasteiger partial charge in [-0.05, 0) is 36.8 Å². The summed E-state index contributed by atoms with van der Waals surface area (Å²) in [5, 5.41) is 9.91. The molecule has 2 aromatic carbocycles. The molecule has 1 heterocycles. The Morgan fingerprint density at radius 1 is 0.833 bits per heavy atom. The number of ether oxygens (including phenoxy) is 4. The van der Waals surface area contributed by atoms with Gasteiger partial charge in [0.1, 0.15) is 23.2 Å². The summed E-state index contributed by atoms with van der Waals surface area (Å²) >= 11 is 0. The summed E-state index contributed by atoms with van der Waals surface area (Å²) < 4.78 is 21.9.